The Hall–Kier alpha value is -3.55. The van der Waals surface area contributed by atoms with E-state index in [-0.39, 0.29) is 0 Å². The van der Waals surface area contributed by atoms with E-state index >= 15 is 0 Å². The van der Waals surface area contributed by atoms with E-state index in [9.17, 15) is 0 Å². The number of para-hydroxylation sites is 2. The second-order valence-corrected chi connectivity index (χ2v) is 8.97. The second-order valence-electron chi connectivity index (χ2n) is 6.88. The summed E-state index contributed by atoms with van der Waals surface area (Å²) in [5, 5.41) is 0.953. The number of fused-ring (bicyclic) bond motifs is 1. The highest BCUT2D eigenvalue weighted by Crippen LogP contribution is 2.66. The highest BCUT2D eigenvalue weighted by atomic mass is 31.2. The van der Waals surface area contributed by atoms with Gasteiger partial charge in [0.15, 0.2) is 0 Å². The van der Waals surface area contributed by atoms with Crippen molar-refractivity contribution in [3.05, 3.63) is 126 Å². The average Bonchev–Trinajstić information content (AvgIpc) is 2.80. The van der Waals surface area contributed by atoms with Crippen molar-refractivity contribution in [1.29, 1.82) is 0 Å². The number of nitrogens with zero attached hydrogens (tertiary/aromatic N) is 1. The smallest absolute Gasteiger partial charge is 0.352 e. The predicted octanol–water partition coefficient (Wildman–Crippen LogP) is 8.02. The molecule has 0 atom stereocenters. The molecule has 1 heterocycles. The first-order valence-corrected chi connectivity index (χ1v) is 11.4. The molecule has 0 amide bonds. The quantitative estimate of drug-likeness (QED) is 0.313. The zero-order valence-electron chi connectivity index (χ0n) is 16.3. The van der Waals surface area contributed by atoms with E-state index in [2.05, 4.69) is 24.3 Å². The van der Waals surface area contributed by atoms with Gasteiger partial charge in [0.05, 0.1) is 11.0 Å². The lowest BCUT2D eigenvalue weighted by Gasteiger charge is -2.30. The minimum absolute atomic E-state index is 0.728. The normalized spacial score (nSPS) is 14.1. The average molecular weight is 409 g/mol. The fourth-order valence-corrected chi connectivity index (χ4v) is 5.87. The fourth-order valence-electron chi connectivity index (χ4n) is 3.39. The molecule has 4 aromatic carbocycles. The molecule has 0 N–H and O–H groups in total. The predicted molar refractivity (Wildman–Crippen MR) is 124 cm³/mol. The Morgan fingerprint density at radius 1 is 0.533 bits per heavy atom. The summed E-state index contributed by atoms with van der Waals surface area (Å²) >= 11 is 0. The van der Waals surface area contributed by atoms with Crippen LogP contribution in [0.15, 0.2) is 120 Å². The number of hydrogen-bond donors (Lipinski definition) is 0. The van der Waals surface area contributed by atoms with E-state index in [0.717, 1.165) is 33.6 Å². The number of hydrogen-bond acceptors (Lipinski definition) is 3. The van der Waals surface area contributed by atoms with Crippen molar-refractivity contribution in [3.8, 4) is 11.5 Å². The molecule has 0 spiro atoms. The lowest BCUT2D eigenvalue weighted by molar-refractivity contribution is 0.488. The molecular formula is C26H20NO2P. The third-order valence-electron chi connectivity index (χ3n) is 4.79. The largest absolute Gasteiger partial charge is 0.427 e. The van der Waals surface area contributed by atoms with Gasteiger partial charge in [0.1, 0.15) is 11.5 Å². The maximum absolute atomic E-state index is 6.62. The molecule has 4 aromatic rings. The van der Waals surface area contributed by atoms with Crippen LogP contribution in [0.4, 0.5) is 5.69 Å². The molecule has 0 saturated heterocycles. The summed E-state index contributed by atoms with van der Waals surface area (Å²) in [5.41, 5.74) is 2.97. The van der Waals surface area contributed by atoms with Crippen LogP contribution in [0.2, 0.25) is 0 Å². The summed E-state index contributed by atoms with van der Waals surface area (Å²) in [6.45, 7) is 0. The van der Waals surface area contributed by atoms with Crippen molar-refractivity contribution in [3.63, 3.8) is 0 Å². The minimum Gasteiger partial charge on any atom is -0.427 e. The highest BCUT2D eigenvalue weighted by molar-refractivity contribution is 7.68. The highest BCUT2D eigenvalue weighted by Gasteiger charge is 2.35. The maximum Gasteiger partial charge on any atom is 0.352 e. The molecule has 1 aliphatic rings. The van der Waals surface area contributed by atoms with Crippen LogP contribution in [0.3, 0.4) is 0 Å². The Labute approximate surface area is 176 Å². The molecule has 0 aromatic heterocycles. The standard InChI is InChI=1S/C26H20NO2P/c1-4-12-21(13-5-1)26-20-22-14-10-11-19-25(22)27-30(26,28-23-15-6-2-7-16-23)29-24-17-8-3-9-18-24/h1-20H. The Bertz CT molecular complexity index is 1190. The molecule has 30 heavy (non-hydrogen) atoms. The van der Waals surface area contributed by atoms with Crippen LogP contribution < -0.4 is 9.05 Å². The second kappa shape index (κ2) is 8.06. The van der Waals surface area contributed by atoms with Crippen molar-refractivity contribution in [2.45, 2.75) is 0 Å². The van der Waals surface area contributed by atoms with E-state index < -0.39 is 7.51 Å². The van der Waals surface area contributed by atoms with Gasteiger partial charge in [0, 0.05) is 5.56 Å². The number of benzene rings is 4. The topological polar surface area (TPSA) is 30.8 Å². The third kappa shape index (κ3) is 3.68. The van der Waals surface area contributed by atoms with Crippen molar-refractivity contribution in [2.75, 3.05) is 0 Å². The fraction of sp³-hybridized carbons (Fsp3) is 0. The van der Waals surface area contributed by atoms with Crippen LogP contribution in [0.1, 0.15) is 11.1 Å². The molecule has 0 fully saturated rings. The minimum atomic E-state index is -2.91. The Morgan fingerprint density at radius 2 is 1.03 bits per heavy atom. The van der Waals surface area contributed by atoms with E-state index in [1.165, 1.54) is 0 Å². The first-order chi connectivity index (χ1) is 14.8. The van der Waals surface area contributed by atoms with E-state index in [0.29, 0.717) is 0 Å². The van der Waals surface area contributed by atoms with E-state index in [1.54, 1.807) is 0 Å². The van der Waals surface area contributed by atoms with Gasteiger partial charge in [-0.25, -0.2) is 0 Å². The SMILES string of the molecule is C1=C(c2ccccc2)P(Oc2ccccc2)(Oc2ccccc2)=Nc2ccccc21. The molecule has 0 aliphatic carbocycles. The van der Waals surface area contributed by atoms with Gasteiger partial charge in [0.2, 0.25) is 0 Å². The zero-order valence-corrected chi connectivity index (χ0v) is 17.2. The van der Waals surface area contributed by atoms with Crippen molar-refractivity contribution < 1.29 is 9.05 Å². The molecule has 5 rings (SSSR count). The lowest BCUT2D eigenvalue weighted by atomic mass is 10.1. The summed E-state index contributed by atoms with van der Waals surface area (Å²) in [6, 6.07) is 37.8. The van der Waals surface area contributed by atoms with Gasteiger partial charge in [-0.05, 0) is 42.0 Å². The first-order valence-electron chi connectivity index (χ1n) is 9.81. The van der Waals surface area contributed by atoms with Gasteiger partial charge >= 0.3 is 7.51 Å². The zero-order chi connectivity index (χ0) is 20.2. The van der Waals surface area contributed by atoms with E-state index in [4.69, 9.17) is 13.8 Å². The molecule has 0 bridgehead atoms. The summed E-state index contributed by atoms with van der Waals surface area (Å²) < 4.78 is 18.4. The van der Waals surface area contributed by atoms with Gasteiger partial charge in [-0.2, -0.15) is 4.74 Å². The van der Waals surface area contributed by atoms with Gasteiger partial charge in [-0.1, -0.05) is 84.9 Å². The van der Waals surface area contributed by atoms with Crippen LogP contribution in [0.25, 0.3) is 11.4 Å². The first kappa shape index (κ1) is 18.5. The maximum atomic E-state index is 6.62. The number of rotatable bonds is 5. The molecule has 1 aliphatic heterocycles. The molecule has 3 nitrogen and oxygen atoms in total. The molecule has 0 radical (unpaired) electrons. The van der Waals surface area contributed by atoms with Crippen molar-refractivity contribution in [1.82, 2.24) is 0 Å². The van der Waals surface area contributed by atoms with Crippen LogP contribution >= 0.6 is 7.51 Å². The Balaban J connectivity index is 1.75. The van der Waals surface area contributed by atoms with Gasteiger partial charge in [0.25, 0.3) is 0 Å². The Morgan fingerprint density at radius 3 is 1.63 bits per heavy atom. The van der Waals surface area contributed by atoms with Gasteiger partial charge < -0.3 is 9.05 Å². The molecule has 146 valence electrons. The monoisotopic (exact) mass is 409 g/mol. The van der Waals surface area contributed by atoms with E-state index in [1.807, 2.05) is 97.1 Å². The summed E-state index contributed by atoms with van der Waals surface area (Å²) in [7, 11) is -2.91. The lowest BCUT2D eigenvalue weighted by Crippen LogP contribution is -2.06. The van der Waals surface area contributed by atoms with Crippen molar-refractivity contribution >= 4 is 24.6 Å². The molecule has 0 saturated carbocycles. The van der Waals surface area contributed by atoms with Gasteiger partial charge in [-0.3, -0.25) is 0 Å². The van der Waals surface area contributed by atoms with Crippen LogP contribution in [-0.2, 0) is 0 Å². The summed E-state index contributed by atoms with van der Waals surface area (Å²) in [5.74, 6) is 1.46. The Kier molecular flexibility index (Phi) is 4.96. The molecule has 4 heteroatoms. The van der Waals surface area contributed by atoms with Gasteiger partial charge in [-0.15, -0.1) is 0 Å². The van der Waals surface area contributed by atoms with Crippen LogP contribution in [0.5, 0.6) is 11.5 Å². The summed E-state index contributed by atoms with van der Waals surface area (Å²) in [6.07, 6.45) is 2.15. The molecule has 0 unspecified atom stereocenters. The van der Waals surface area contributed by atoms with Crippen LogP contribution in [0, 0.1) is 0 Å². The van der Waals surface area contributed by atoms with Crippen molar-refractivity contribution in [2.24, 2.45) is 4.74 Å². The summed E-state index contributed by atoms with van der Waals surface area (Å²) in [4.78, 5) is 0. The molecular weight excluding hydrogens is 389 g/mol. The van der Waals surface area contributed by atoms with Crippen LogP contribution in [-0.4, -0.2) is 0 Å². The third-order valence-corrected chi connectivity index (χ3v) is 7.18.